The van der Waals surface area contributed by atoms with E-state index in [4.69, 9.17) is 10.5 Å². The van der Waals surface area contributed by atoms with Crippen LogP contribution >= 0.6 is 12.4 Å². The van der Waals surface area contributed by atoms with Crippen LogP contribution in [-0.4, -0.2) is 26.6 Å². The number of halogens is 2. The molecule has 0 heterocycles. The first-order chi connectivity index (χ1) is 8.12. The molecule has 0 aliphatic heterocycles. The third-order valence-electron chi connectivity index (χ3n) is 2.60. The molecule has 0 spiro atoms. The first kappa shape index (κ1) is 16.7. The molecule has 4 nitrogen and oxygen atoms in total. The van der Waals surface area contributed by atoms with E-state index < -0.39 is 5.82 Å². The van der Waals surface area contributed by atoms with Gasteiger partial charge in [-0.1, -0.05) is 6.07 Å². The number of ether oxygens (including phenoxy) is 1. The fourth-order valence-electron chi connectivity index (χ4n) is 1.61. The van der Waals surface area contributed by atoms with E-state index in [0.29, 0.717) is 6.42 Å². The summed E-state index contributed by atoms with van der Waals surface area (Å²) in [5, 5.41) is 2.54. The molecule has 0 aliphatic carbocycles. The lowest BCUT2D eigenvalue weighted by molar-refractivity contribution is -0.124. The van der Waals surface area contributed by atoms with Crippen LogP contribution in [0.4, 0.5) is 4.39 Å². The molecule has 0 aromatic heterocycles. The minimum absolute atomic E-state index is 0. The highest BCUT2D eigenvalue weighted by Gasteiger charge is 2.16. The molecular weight excluding hydrogens is 259 g/mol. The first-order valence-electron chi connectivity index (χ1n) is 5.36. The van der Waals surface area contributed by atoms with Crippen molar-refractivity contribution in [3.8, 4) is 5.75 Å². The molecule has 6 heteroatoms. The van der Waals surface area contributed by atoms with E-state index in [9.17, 15) is 9.18 Å². The second kappa shape index (κ2) is 7.89. The average Bonchev–Trinajstić information content (AvgIpc) is 2.35. The topological polar surface area (TPSA) is 64.4 Å². The number of hydrogen-bond acceptors (Lipinski definition) is 3. The van der Waals surface area contributed by atoms with Gasteiger partial charge in [-0.25, -0.2) is 4.39 Å². The standard InChI is InChI=1S/C12H17FN2O2.ClH/c1-15-12(16)9(7-14)5-8-3-4-11(17-2)10(13)6-8;/h3-4,6,9H,5,7,14H2,1-2H3,(H,15,16);1H. The molecule has 0 saturated heterocycles. The van der Waals surface area contributed by atoms with Crippen molar-refractivity contribution in [2.75, 3.05) is 20.7 Å². The summed E-state index contributed by atoms with van der Waals surface area (Å²) >= 11 is 0. The lowest BCUT2D eigenvalue weighted by Gasteiger charge is -2.13. The Morgan fingerprint density at radius 1 is 1.56 bits per heavy atom. The second-order valence-corrected chi connectivity index (χ2v) is 3.72. The molecule has 102 valence electrons. The van der Waals surface area contributed by atoms with Crippen molar-refractivity contribution in [1.29, 1.82) is 0 Å². The number of hydrogen-bond donors (Lipinski definition) is 2. The van der Waals surface area contributed by atoms with Gasteiger partial charge < -0.3 is 15.8 Å². The third kappa shape index (κ3) is 4.16. The zero-order valence-electron chi connectivity index (χ0n) is 10.4. The van der Waals surface area contributed by atoms with E-state index >= 15 is 0 Å². The first-order valence-corrected chi connectivity index (χ1v) is 5.36. The highest BCUT2D eigenvalue weighted by atomic mass is 35.5. The van der Waals surface area contributed by atoms with Crippen LogP contribution in [0, 0.1) is 11.7 Å². The molecule has 0 radical (unpaired) electrons. The summed E-state index contributed by atoms with van der Waals surface area (Å²) in [6.45, 7) is 0.229. The highest BCUT2D eigenvalue weighted by Crippen LogP contribution is 2.19. The quantitative estimate of drug-likeness (QED) is 0.847. The summed E-state index contributed by atoms with van der Waals surface area (Å²) in [7, 11) is 2.96. The Balaban J connectivity index is 0.00000289. The largest absolute Gasteiger partial charge is 0.494 e. The fourth-order valence-corrected chi connectivity index (χ4v) is 1.61. The van der Waals surface area contributed by atoms with Gasteiger partial charge >= 0.3 is 0 Å². The molecule has 3 N–H and O–H groups in total. The zero-order valence-corrected chi connectivity index (χ0v) is 11.2. The van der Waals surface area contributed by atoms with Crippen LogP contribution in [0.1, 0.15) is 5.56 Å². The minimum Gasteiger partial charge on any atom is -0.494 e. The number of nitrogens with two attached hydrogens (primary N) is 1. The SMILES string of the molecule is CNC(=O)C(CN)Cc1ccc(OC)c(F)c1.Cl. The Morgan fingerprint density at radius 3 is 2.67 bits per heavy atom. The van der Waals surface area contributed by atoms with Crippen LogP contribution in [0.5, 0.6) is 5.75 Å². The molecule has 0 bridgehead atoms. The van der Waals surface area contributed by atoms with Gasteiger partial charge in [-0.2, -0.15) is 0 Å². The number of methoxy groups -OCH3 is 1. The Labute approximate surface area is 112 Å². The van der Waals surface area contributed by atoms with Crippen LogP contribution in [0.3, 0.4) is 0 Å². The summed E-state index contributed by atoms with van der Waals surface area (Å²) in [6, 6.07) is 4.64. The van der Waals surface area contributed by atoms with E-state index in [2.05, 4.69) is 5.32 Å². The molecule has 0 saturated carbocycles. The molecule has 0 aliphatic rings. The summed E-state index contributed by atoms with van der Waals surface area (Å²) in [5.74, 6) is -0.716. The lowest BCUT2D eigenvalue weighted by atomic mass is 9.98. The number of nitrogens with one attached hydrogen (secondary N) is 1. The fraction of sp³-hybridized carbons (Fsp3) is 0.417. The second-order valence-electron chi connectivity index (χ2n) is 3.72. The molecule has 1 unspecified atom stereocenters. The van der Waals surface area contributed by atoms with Crippen molar-refractivity contribution >= 4 is 18.3 Å². The smallest absolute Gasteiger partial charge is 0.224 e. The molecule has 1 aromatic carbocycles. The lowest BCUT2D eigenvalue weighted by Crippen LogP contribution is -2.34. The number of rotatable bonds is 5. The van der Waals surface area contributed by atoms with E-state index in [1.165, 1.54) is 13.2 Å². The number of carbonyl (C=O) groups excluding carboxylic acids is 1. The summed E-state index contributed by atoms with van der Waals surface area (Å²) < 4.78 is 18.3. The number of amides is 1. The molecule has 1 atom stereocenters. The van der Waals surface area contributed by atoms with Gasteiger partial charge in [0.25, 0.3) is 0 Å². The van der Waals surface area contributed by atoms with Gasteiger partial charge in [-0.3, -0.25) is 4.79 Å². The summed E-state index contributed by atoms with van der Waals surface area (Å²) in [4.78, 5) is 11.4. The maximum atomic E-state index is 13.4. The molecular formula is C12H18ClFN2O2. The van der Waals surface area contributed by atoms with Gasteiger partial charge in [-0.15, -0.1) is 12.4 Å². The van der Waals surface area contributed by atoms with Crippen LogP contribution in [0.15, 0.2) is 18.2 Å². The molecule has 1 amide bonds. The zero-order chi connectivity index (χ0) is 12.8. The molecule has 0 fully saturated rings. The van der Waals surface area contributed by atoms with Crippen LogP contribution < -0.4 is 15.8 Å². The Morgan fingerprint density at radius 2 is 2.22 bits per heavy atom. The van der Waals surface area contributed by atoms with Gasteiger partial charge in [0.15, 0.2) is 11.6 Å². The van der Waals surface area contributed by atoms with Gasteiger partial charge in [0, 0.05) is 13.6 Å². The van der Waals surface area contributed by atoms with Crippen molar-refractivity contribution in [3.05, 3.63) is 29.6 Å². The predicted molar refractivity (Wildman–Crippen MR) is 70.5 cm³/mol. The van der Waals surface area contributed by atoms with Gasteiger partial charge in [-0.05, 0) is 24.1 Å². The summed E-state index contributed by atoms with van der Waals surface area (Å²) in [6.07, 6.45) is 0.414. The van der Waals surface area contributed by atoms with Gasteiger partial charge in [0.05, 0.1) is 13.0 Å². The van der Waals surface area contributed by atoms with E-state index in [0.717, 1.165) is 5.56 Å². The van der Waals surface area contributed by atoms with Crippen LogP contribution in [0.2, 0.25) is 0 Å². The Kier molecular flexibility index (Phi) is 7.31. The molecule has 1 aromatic rings. The molecule has 18 heavy (non-hydrogen) atoms. The van der Waals surface area contributed by atoms with Crippen molar-refractivity contribution < 1.29 is 13.9 Å². The van der Waals surface area contributed by atoms with Crippen molar-refractivity contribution in [2.24, 2.45) is 11.7 Å². The van der Waals surface area contributed by atoms with Gasteiger partial charge in [0.1, 0.15) is 0 Å². The minimum atomic E-state index is -0.433. The Hall–Kier alpha value is -1.33. The average molecular weight is 277 g/mol. The highest BCUT2D eigenvalue weighted by molar-refractivity contribution is 5.85. The maximum Gasteiger partial charge on any atom is 0.224 e. The van der Waals surface area contributed by atoms with E-state index in [1.54, 1.807) is 19.2 Å². The number of carbonyl (C=O) groups is 1. The van der Waals surface area contributed by atoms with E-state index in [-0.39, 0.29) is 36.5 Å². The molecule has 1 rings (SSSR count). The Bertz CT molecular complexity index is 402. The maximum absolute atomic E-state index is 13.4. The third-order valence-corrected chi connectivity index (χ3v) is 2.60. The monoisotopic (exact) mass is 276 g/mol. The summed E-state index contributed by atoms with van der Waals surface area (Å²) in [5.41, 5.74) is 6.24. The van der Waals surface area contributed by atoms with Crippen molar-refractivity contribution in [3.63, 3.8) is 0 Å². The predicted octanol–water partition coefficient (Wildman–Crippen LogP) is 1.12. The van der Waals surface area contributed by atoms with Crippen LogP contribution in [-0.2, 0) is 11.2 Å². The van der Waals surface area contributed by atoms with Gasteiger partial charge in [0.2, 0.25) is 5.91 Å². The normalized spacial score (nSPS) is 11.3. The van der Waals surface area contributed by atoms with Crippen LogP contribution in [0.25, 0.3) is 0 Å². The van der Waals surface area contributed by atoms with Crippen molar-refractivity contribution in [1.82, 2.24) is 5.32 Å². The van der Waals surface area contributed by atoms with Crippen molar-refractivity contribution in [2.45, 2.75) is 6.42 Å². The number of benzene rings is 1. The van der Waals surface area contributed by atoms with E-state index in [1.807, 2.05) is 0 Å².